The van der Waals surface area contributed by atoms with Gasteiger partial charge in [0.05, 0.1) is 0 Å². The van der Waals surface area contributed by atoms with Crippen molar-refractivity contribution in [1.29, 1.82) is 0 Å². The third kappa shape index (κ3) is 2.83. The molecule has 0 radical (unpaired) electrons. The number of nitrogens with zero attached hydrogens (tertiary/aromatic N) is 3. The summed E-state index contributed by atoms with van der Waals surface area (Å²) < 4.78 is 1.51. The van der Waals surface area contributed by atoms with Gasteiger partial charge in [0.1, 0.15) is 0 Å². The molecule has 0 saturated heterocycles. The monoisotopic (exact) mass is 346 g/mol. The average molecular weight is 346 g/mol. The van der Waals surface area contributed by atoms with E-state index in [1.54, 1.807) is 19.4 Å². The predicted molar refractivity (Wildman–Crippen MR) is 31.0 cm³/mol. The smallest absolute Gasteiger partial charge is 0.0282 e. The summed E-state index contributed by atoms with van der Waals surface area (Å²) >= 11 is 0. The van der Waals surface area contributed by atoms with Gasteiger partial charge in [-0.2, -0.15) is 0 Å². The van der Waals surface area contributed by atoms with Crippen LogP contribution in [-0.4, -0.2) is 23.2 Å². The maximum absolute atomic E-state index is 3.82. The van der Waals surface area contributed by atoms with Crippen LogP contribution in [0.1, 0.15) is 0 Å². The fourth-order valence-corrected chi connectivity index (χ4v) is 0.430. The molecule has 1 aromatic rings. The van der Waals surface area contributed by atoms with Crippen LogP contribution >= 0.6 is 0 Å². The van der Waals surface area contributed by atoms with Crippen LogP contribution in [0.15, 0.2) is 23.5 Å². The van der Waals surface area contributed by atoms with Crippen LogP contribution < -0.4 is 0 Å². The zero-order chi connectivity index (χ0) is 5.82. The first kappa shape index (κ1) is 8.93. The van der Waals surface area contributed by atoms with Crippen molar-refractivity contribution < 1.29 is 31.1 Å². The van der Waals surface area contributed by atoms with Crippen molar-refractivity contribution in [1.82, 2.24) is 9.78 Å². The van der Waals surface area contributed by atoms with Crippen molar-refractivity contribution in [2.75, 3.05) is 7.05 Å². The zero-order valence-corrected chi connectivity index (χ0v) is 9.24. The molecule has 1 heterocycles. The summed E-state index contributed by atoms with van der Waals surface area (Å²) in [6.07, 6.45) is 6.07. The van der Waals surface area contributed by atoms with E-state index < -0.39 is 0 Å². The summed E-state index contributed by atoms with van der Waals surface area (Å²) in [4.78, 5) is 3.63. The molecule has 0 spiro atoms. The second-order valence-corrected chi connectivity index (χ2v) is 1.27. The summed E-state index contributed by atoms with van der Waals surface area (Å²) in [5, 5.41) is 3.82. The van der Waals surface area contributed by atoms with Gasteiger partial charge in [-0.3, -0.25) is 0 Å². The van der Waals surface area contributed by atoms with Crippen LogP contribution in [0.3, 0.4) is 0 Å². The van der Waals surface area contributed by atoms with E-state index >= 15 is 0 Å². The van der Waals surface area contributed by atoms with Gasteiger partial charge in [0, 0.05) is 44.4 Å². The maximum Gasteiger partial charge on any atom is 0.0282 e. The number of rotatable bonds is 1. The molecule has 0 aliphatic carbocycles. The van der Waals surface area contributed by atoms with E-state index in [0.717, 1.165) is 0 Å². The molecule has 1 aromatic heterocycles. The Morgan fingerprint density at radius 2 is 2.44 bits per heavy atom. The first-order chi connectivity index (χ1) is 3.93. The first-order valence-corrected chi connectivity index (χ1v) is 2.28. The van der Waals surface area contributed by atoms with Gasteiger partial charge in [-0.25, -0.2) is 5.10 Å². The summed E-state index contributed by atoms with van der Waals surface area (Å²) in [6, 6.07) is 1.82. The van der Waals surface area contributed by atoms with Gasteiger partial charge in [0.2, 0.25) is 0 Å². The molecule has 0 saturated carbocycles. The van der Waals surface area contributed by atoms with Crippen molar-refractivity contribution in [3.63, 3.8) is 0 Å². The molecule has 46 valence electrons. The van der Waals surface area contributed by atoms with Crippen LogP contribution in [0.5, 0.6) is 0 Å². The fraction of sp³-hybridized carbons (Fsp3) is 0.200. The molecule has 0 N–H and O–H groups in total. The largest absolute Gasteiger partial charge is 0.392 e. The van der Waals surface area contributed by atoms with E-state index in [0.29, 0.717) is 0 Å². The molecule has 1 rings (SSSR count). The third-order valence-corrected chi connectivity index (χ3v) is 0.707. The Morgan fingerprint density at radius 1 is 1.67 bits per heavy atom. The minimum absolute atomic E-state index is 0. The molecule has 0 aliphatic heterocycles. The first-order valence-electron chi connectivity index (χ1n) is 2.28. The molecule has 4 heteroatoms. The minimum atomic E-state index is 0. The Balaban J connectivity index is 0.000000640. The second-order valence-electron chi connectivity index (χ2n) is 1.27. The maximum atomic E-state index is 3.82. The van der Waals surface area contributed by atoms with Crippen molar-refractivity contribution in [2.45, 2.75) is 0 Å². The molecule has 0 bridgehead atoms. The van der Waals surface area contributed by atoms with Gasteiger partial charge < -0.3 is 9.67 Å². The van der Waals surface area contributed by atoms with Gasteiger partial charge in [-0.15, -0.1) is 12.3 Å². The van der Waals surface area contributed by atoms with Gasteiger partial charge in [-0.05, 0) is 6.34 Å². The number of hydrogen-bond donors (Lipinski definition) is 0. The Hall–Kier alpha value is -0.0681. The summed E-state index contributed by atoms with van der Waals surface area (Å²) in [6.45, 7) is 0. The van der Waals surface area contributed by atoms with Crippen LogP contribution in [0.4, 0.5) is 0 Å². The second kappa shape index (κ2) is 4.78. The summed E-state index contributed by atoms with van der Waals surface area (Å²) in [5.74, 6) is 0. The fourth-order valence-electron chi connectivity index (χ4n) is 0.430. The Labute approximate surface area is 77.5 Å². The van der Waals surface area contributed by atoms with Crippen molar-refractivity contribution in [3.05, 3.63) is 18.5 Å². The Kier molecular flexibility index (Phi) is 4.74. The molecular weight excluding hydrogens is 340 g/mol. The average Bonchev–Trinajstić information content (AvgIpc) is 2.19. The van der Waals surface area contributed by atoms with Gasteiger partial charge in [0.15, 0.2) is 0 Å². The van der Waals surface area contributed by atoms with E-state index in [4.69, 9.17) is 0 Å². The number of hydrogen-bond acceptors (Lipinski definition) is 2. The molecule has 9 heavy (non-hydrogen) atoms. The van der Waals surface area contributed by atoms with Crippen molar-refractivity contribution in [3.8, 4) is 0 Å². The standard InChI is InChI=1S/C5H6N3.U/c1-6-5-8-4-2-3-7-8;/h2-4H,1H3;/q-1;. The van der Waals surface area contributed by atoms with Gasteiger partial charge >= 0.3 is 0 Å². The number of aliphatic imine (C=N–C) groups is 1. The van der Waals surface area contributed by atoms with E-state index in [1.807, 2.05) is 6.07 Å². The van der Waals surface area contributed by atoms with Crippen LogP contribution in [0, 0.1) is 31.1 Å². The third-order valence-electron chi connectivity index (χ3n) is 0.707. The molecule has 0 amide bonds. The molecule has 0 aliphatic rings. The SMILES string of the molecule is CN=[C-]n1cccn1.[U]. The molecule has 0 unspecified atom stereocenters. The summed E-state index contributed by atoms with van der Waals surface area (Å²) in [5.41, 5.74) is 0. The molecule has 3 nitrogen and oxygen atoms in total. The van der Waals surface area contributed by atoms with E-state index in [9.17, 15) is 0 Å². The zero-order valence-electron chi connectivity index (χ0n) is 5.07. The van der Waals surface area contributed by atoms with E-state index in [-0.39, 0.29) is 31.1 Å². The molecule has 0 aromatic carbocycles. The van der Waals surface area contributed by atoms with E-state index in [1.165, 1.54) is 4.68 Å². The summed E-state index contributed by atoms with van der Waals surface area (Å²) in [7, 11) is 1.65. The van der Waals surface area contributed by atoms with Gasteiger partial charge in [0.25, 0.3) is 0 Å². The quantitative estimate of drug-likeness (QED) is 0.408. The molecule has 0 atom stereocenters. The van der Waals surface area contributed by atoms with Crippen LogP contribution in [-0.2, 0) is 0 Å². The van der Waals surface area contributed by atoms with Crippen molar-refractivity contribution >= 4 is 6.34 Å². The topological polar surface area (TPSA) is 30.2 Å². The van der Waals surface area contributed by atoms with Crippen LogP contribution in [0.2, 0.25) is 0 Å². The molecular formula is C5H6N3U-. The predicted octanol–water partition coefficient (Wildman–Crippen LogP) is 0.266. The Morgan fingerprint density at radius 3 is 2.89 bits per heavy atom. The van der Waals surface area contributed by atoms with E-state index in [2.05, 4.69) is 16.4 Å². The Bertz CT molecular complexity index is 168. The van der Waals surface area contributed by atoms with Crippen LogP contribution in [0.25, 0.3) is 0 Å². The molecule has 0 fully saturated rings. The minimum Gasteiger partial charge on any atom is -0.392 e. The number of aromatic nitrogens is 2. The normalized spacial score (nSPS) is 9.44. The van der Waals surface area contributed by atoms with Crippen molar-refractivity contribution in [2.24, 2.45) is 4.99 Å². The van der Waals surface area contributed by atoms with Gasteiger partial charge in [-0.1, -0.05) is 0 Å².